The maximum atomic E-state index is 12.3. The number of amides is 1. The van der Waals surface area contributed by atoms with E-state index < -0.39 is 0 Å². The number of hydrogen-bond donors (Lipinski definition) is 2. The quantitative estimate of drug-likeness (QED) is 0.592. The summed E-state index contributed by atoms with van der Waals surface area (Å²) in [4.78, 5) is 35.3. The maximum Gasteiger partial charge on any atom is 0.221 e. The average molecular weight is 398 g/mol. The van der Waals surface area contributed by atoms with Crippen molar-refractivity contribution in [3.05, 3.63) is 51.1 Å². The zero-order chi connectivity index (χ0) is 20.3. The molecule has 2 N–H and O–H groups in total. The molecular weight excluding hydrogens is 374 g/mol. The van der Waals surface area contributed by atoms with Crippen LogP contribution in [0.1, 0.15) is 57.3 Å². The molecule has 8 heteroatoms. The second kappa shape index (κ2) is 8.43. The van der Waals surface area contributed by atoms with Crippen molar-refractivity contribution in [3.63, 3.8) is 0 Å². The highest BCUT2D eigenvalue weighted by atomic mass is 32.1. The van der Waals surface area contributed by atoms with Crippen LogP contribution >= 0.6 is 11.3 Å². The first kappa shape index (κ1) is 19.9. The number of rotatable bonds is 7. The first-order chi connectivity index (χ1) is 13.3. The van der Waals surface area contributed by atoms with Crippen LogP contribution in [0.5, 0.6) is 0 Å². The van der Waals surface area contributed by atoms with Gasteiger partial charge in [-0.05, 0) is 51.5 Å². The van der Waals surface area contributed by atoms with Gasteiger partial charge in [0, 0.05) is 34.4 Å². The van der Waals surface area contributed by atoms with E-state index in [0.717, 1.165) is 15.3 Å². The van der Waals surface area contributed by atoms with E-state index in [0.29, 0.717) is 22.9 Å². The van der Waals surface area contributed by atoms with Gasteiger partial charge in [0.2, 0.25) is 5.91 Å². The highest BCUT2D eigenvalue weighted by Crippen LogP contribution is 2.22. The van der Waals surface area contributed by atoms with Crippen LogP contribution in [-0.2, 0) is 4.79 Å². The van der Waals surface area contributed by atoms with Crippen LogP contribution in [0, 0.1) is 20.8 Å². The van der Waals surface area contributed by atoms with E-state index >= 15 is 0 Å². The van der Waals surface area contributed by atoms with Gasteiger partial charge in [-0.1, -0.05) is 0 Å². The number of aryl methyl sites for hydroxylation is 3. The third-order valence-corrected chi connectivity index (χ3v) is 5.32. The summed E-state index contributed by atoms with van der Waals surface area (Å²) in [5, 5.41) is 9.88. The number of nitrogens with one attached hydrogen (secondary N) is 2. The summed E-state index contributed by atoms with van der Waals surface area (Å²) in [6.07, 6.45) is 2.03. The largest absolute Gasteiger partial charge is 0.346 e. The molecule has 0 spiro atoms. The van der Waals surface area contributed by atoms with Gasteiger partial charge in [-0.2, -0.15) is 5.10 Å². The minimum absolute atomic E-state index is 0.00266. The average Bonchev–Trinajstić information content (AvgIpc) is 3.26. The Bertz CT molecular complexity index is 1010. The minimum atomic E-state index is -0.348. The van der Waals surface area contributed by atoms with Gasteiger partial charge in [0.25, 0.3) is 0 Å². The van der Waals surface area contributed by atoms with E-state index in [1.807, 2.05) is 45.9 Å². The Hall–Kier alpha value is -2.87. The van der Waals surface area contributed by atoms with E-state index in [9.17, 15) is 9.59 Å². The molecular formula is C20H23N5O2S. The number of H-pyrrole nitrogens is 1. The normalized spacial score (nSPS) is 12.0. The molecule has 0 aliphatic rings. The molecule has 0 fully saturated rings. The summed E-state index contributed by atoms with van der Waals surface area (Å²) in [5.74, 6) is 0.828. The van der Waals surface area contributed by atoms with Crippen LogP contribution < -0.4 is 5.32 Å². The Morgan fingerprint density at radius 2 is 2.00 bits per heavy atom. The predicted octanol–water partition coefficient (Wildman–Crippen LogP) is 3.69. The fourth-order valence-electron chi connectivity index (χ4n) is 2.89. The molecule has 0 aliphatic heterocycles. The molecule has 1 atom stereocenters. The fraction of sp³-hybridized carbons (Fsp3) is 0.350. The lowest BCUT2D eigenvalue weighted by molar-refractivity contribution is -0.121. The number of ketones is 1. The second-order valence-electron chi connectivity index (χ2n) is 6.80. The van der Waals surface area contributed by atoms with Crippen molar-refractivity contribution in [2.24, 2.45) is 0 Å². The van der Waals surface area contributed by atoms with Gasteiger partial charge < -0.3 is 5.32 Å². The van der Waals surface area contributed by atoms with E-state index in [1.54, 1.807) is 17.5 Å². The number of hydrogen-bond acceptors (Lipinski definition) is 6. The standard InChI is InChI=1S/C20H23N5O2S/c1-11-7-8-21-16(9-11)20-23-19(24-25-20)13(3)22-18(27)6-5-17(26)15-10-12(2)28-14(15)4/h7-10,13H,5-6H2,1-4H3,(H,22,27)(H,23,24,25)/t13-/m0/s1. The Morgan fingerprint density at radius 1 is 1.21 bits per heavy atom. The third kappa shape index (κ3) is 4.69. The number of aromatic amines is 1. The van der Waals surface area contributed by atoms with Gasteiger partial charge in [0.05, 0.1) is 6.04 Å². The highest BCUT2D eigenvalue weighted by molar-refractivity contribution is 7.12. The molecule has 28 heavy (non-hydrogen) atoms. The monoisotopic (exact) mass is 397 g/mol. The summed E-state index contributed by atoms with van der Waals surface area (Å²) < 4.78 is 0. The van der Waals surface area contributed by atoms with Crippen molar-refractivity contribution in [1.82, 2.24) is 25.5 Å². The van der Waals surface area contributed by atoms with E-state index in [-0.39, 0.29) is 30.6 Å². The smallest absolute Gasteiger partial charge is 0.221 e. The zero-order valence-corrected chi connectivity index (χ0v) is 17.2. The zero-order valence-electron chi connectivity index (χ0n) is 16.4. The van der Waals surface area contributed by atoms with Crippen LogP contribution in [0.25, 0.3) is 11.5 Å². The van der Waals surface area contributed by atoms with Gasteiger partial charge >= 0.3 is 0 Å². The number of nitrogens with zero attached hydrogens (tertiary/aromatic N) is 3. The number of carbonyl (C=O) groups excluding carboxylic acids is 2. The molecule has 0 bridgehead atoms. The molecule has 0 aliphatic carbocycles. The molecule has 3 aromatic rings. The molecule has 3 heterocycles. The number of thiophene rings is 1. The molecule has 3 rings (SSSR count). The maximum absolute atomic E-state index is 12.3. The van der Waals surface area contributed by atoms with E-state index in [4.69, 9.17) is 0 Å². The Balaban J connectivity index is 1.56. The molecule has 3 aromatic heterocycles. The van der Waals surface area contributed by atoms with Crippen LogP contribution in [-0.4, -0.2) is 31.9 Å². The number of carbonyl (C=O) groups is 2. The van der Waals surface area contributed by atoms with E-state index in [2.05, 4.69) is 25.5 Å². The van der Waals surface area contributed by atoms with Crippen LogP contribution in [0.4, 0.5) is 0 Å². The Labute approximate surface area is 167 Å². The van der Waals surface area contributed by atoms with Gasteiger partial charge in [0.1, 0.15) is 11.5 Å². The second-order valence-corrected chi connectivity index (χ2v) is 8.26. The Morgan fingerprint density at radius 3 is 2.68 bits per heavy atom. The topological polar surface area (TPSA) is 101 Å². The van der Waals surface area contributed by atoms with Crippen molar-refractivity contribution in [2.75, 3.05) is 0 Å². The van der Waals surface area contributed by atoms with Gasteiger partial charge in [-0.15, -0.1) is 11.3 Å². The fourth-order valence-corrected chi connectivity index (χ4v) is 3.83. The molecule has 0 radical (unpaired) electrons. The van der Waals surface area contributed by atoms with Gasteiger partial charge in [-0.25, -0.2) is 4.98 Å². The lowest BCUT2D eigenvalue weighted by atomic mass is 10.1. The lowest BCUT2D eigenvalue weighted by Crippen LogP contribution is -2.27. The molecule has 0 unspecified atom stereocenters. The summed E-state index contributed by atoms with van der Waals surface area (Å²) in [6, 6.07) is 5.34. The summed E-state index contributed by atoms with van der Waals surface area (Å²) >= 11 is 1.60. The van der Waals surface area contributed by atoms with Crippen molar-refractivity contribution in [3.8, 4) is 11.5 Å². The van der Waals surface area contributed by atoms with Crippen LogP contribution in [0.2, 0.25) is 0 Å². The van der Waals surface area contributed by atoms with E-state index in [1.165, 1.54) is 0 Å². The molecule has 0 saturated carbocycles. The first-order valence-electron chi connectivity index (χ1n) is 9.08. The van der Waals surface area contributed by atoms with Gasteiger partial charge in [-0.3, -0.25) is 19.7 Å². The molecule has 0 aromatic carbocycles. The van der Waals surface area contributed by atoms with Crippen molar-refractivity contribution < 1.29 is 9.59 Å². The minimum Gasteiger partial charge on any atom is -0.346 e. The molecule has 0 saturated heterocycles. The van der Waals surface area contributed by atoms with Gasteiger partial charge in [0.15, 0.2) is 11.6 Å². The molecule has 146 valence electrons. The predicted molar refractivity (Wildman–Crippen MR) is 108 cm³/mol. The van der Waals surface area contributed by atoms with Crippen LogP contribution in [0.3, 0.4) is 0 Å². The Kier molecular flexibility index (Phi) is 5.99. The number of pyridine rings is 1. The van der Waals surface area contributed by atoms with Crippen LogP contribution in [0.15, 0.2) is 24.4 Å². The third-order valence-electron chi connectivity index (χ3n) is 4.36. The summed E-state index contributed by atoms with van der Waals surface area (Å²) in [5.41, 5.74) is 2.46. The van der Waals surface area contributed by atoms with Crippen molar-refractivity contribution in [2.45, 2.75) is 46.6 Å². The van der Waals surface area contributed by atoms with Crippen molar-refractivity contribution >= 4 is 23.0 Å². The number of Topliss-reactive ketones (excluding diaryl/α,β-unsaturated/α-hetero) is 1. The molecule has 1 amide bonds. The first-order valence-corrected chi connectivity index (χ1v) is 9.90. The summed E-state index contributed by atoms with van der Waals surface area (Å²) in [6.45, 7) is 7.69. The van der Waals surface area contributed by atoms with Crippen molar-refractivity contribution in [1.29, 1.82) is 0 Å². The highest BCUT2D eigenvalue weighted by Gasteiger charge is 2.17. The number of aromatic nitrogens is 4. The summed E-state index contributed by atoms with van der Waals surface area (Å²) in [7, 11) is 0. The SMILES string of the molecule is Cc1ccnc(-c2n[nH]c([C@H](C)NC(=O)CCC(=O)c3cc(C)sc3C)n2)c1. The lowest BCUT2D eigenvalue weighted by Gasteiger charge is -2.10. The molecule has 7 nitrogen and oxygen atoms in total.